The lowest BCUT2D eigenvalue weighted by molar-refractivity contribution is -0.921. The zero-order valence-electron chi connectivity index (χ0n) is 10.6. The summed E-state index contributed by atoms with van der Waals surface area (Å²) in [6.07, 6.45) is 0. The molecule has 0 unspecified atom stereocenters. The molecule has 0 amide bonds. The molecule has 0 radical (unpaired) electrons. The first kappa shape index (κ1) is 17.3. The summed E-state index contributed by atoms with van der Waals surface area (Å²) in [6.45, 7) is 15.5. The molecule has 0 rings (SSSR count). The van der Waals surface area contributed by atoms with E-state index < -0.39 is 10.1 Å². The average molecular weight is 239 g/mol. The highest BCUT2D eigenvalue weighted by atomic mass is 32.2. The van der Waals surface area contributed by atoms with Crippen molar-refractivity contribution in [2.45, 2.75) is 34.6 Å². The van der Waals surface area contributed by atoms with Crippen molar-refractivity contribution < 1.29 is 17.5 Å². The SMILES string of the molecule is CCS(=O)(=O)[O-].CC[N+](CC)(CC)CC. The van der Waals surface area contributed by atoms with Crippen LogP contribution in [0.1, 0.15) is 34.6 Å². The Kier molecular flexibility index (Phi) is 9.29. The first-order valence-corrected chi connectivity index (χ1v) is 7.17. The Morgan fingerprint density at radius 2 is 1.07 bits per heavy atom. The summed E-state index contributed by atoms with van der Waals surface area (Å²) in [6, 6.07) is 0. The lowest BCUT2D eigenvalue weighted by atomic mass is 10.3. The van der Waals surface area contributed by atoms with E-state index in [9.17, 15) is 13.0 Å². The van der Waals surface area contributed by atoms with Crippen LogP contribution in [0.25, 0.3) is 0 Å². The van der Waals surface area contributed by atoms with Crippen LogP contribution in [0.4, 0.5) is 0 Å². The molecule has 5 heteroatoms. The molecule has 0 aliphatic carbocycles. The van der Waals surface area contributed by atoms with Crippen molar-refractivity contribution in [3.63, 3.8) is 0 Å². The van der Waals surface area contributed by atoms with E-state index in [1.165, 1.54) is 37.6 Å². The van der Waals surface area contributed by atoms with Crippen molar-refractivity contribution >= 4 is 10.1 Å². The van der Waals surface area contributed by atoms with Crippen LogP contribution in [0.2, 0.25) is 0 Å². The zero-order chi connectivity index (χ0) is 12.5. The van der Waals surface area contributed by atoms with Gasteiger partial charge in [-0.1, -0.05) is 6.92 Å². The summed E-state index contributed by atoms with van der Waals surface area (Å²) in [5.74, 6) is -0.312. The van der Waals surface area contributed by atoms with Gasteiger partial charge in [0.2, 0.25) is 0 Å². The van der Waals surface area contributed by atoms with Gasteiger partial charge < -0.3 is 9.04 Å². The molecule has 0 heterocycles. The molecule has 0 atom stereocenters. The fraction of sp³-hybridized carbons (Fsp3) is 1.00. The Balaban J connectivity index is 0. The average Bonchev–Trinajstić information content (AvgIpc) is 2.22. The number of rotatable bonds is 5. The Morgan fingerprint density at radius 3 is 1.07 bits per heavy atom. The maximum Gasteiger partial charge on any atom is 0.0943 e. The molecule has 0 N–H and O–H groups in total. The molecule has 0 saturated carbocycles. The van der Waals surface area contributed by atoms with Gasteiger partial charge in [0.15, 0.2) is 0 Å². The molecule has 0 spiro atoms. The second-order valence-corrected chi connectivity index (χ2v) is 5.15. The second-order valence-electron chi connectivity index (χ2n) is 3.45. The molecule has 0 aliphatic rings. The quantitative estimate of drug-likeness (QED) is 0.539. The Morgan fingerprint density at radius 1 is 0.867 bits per heavy atom. The normalized spacial score (nSPS) is 11.9. The van der Waals surface area contributed by atoms with Gasteiger partial charge in [-0.2, -0.15) is 0 Å². The van der Waals surface area contributed by atoms with E-state index in [1.807, 2.05) is 0 Å². The molecule has 0 saturated heterocycles. The van der Waals surface area contributed by atoms with Gasteiger partial charge in [-0.05, 0) is 27.7 Å². The largest absolute Gasteiger partial charge is 0.748 e. The fourth-order valence-electron chi connectivity index (χ4n) is 1.34. The van der Waals surface area contributed by atoms with E-state index in [0.29, 0.717) is 0 Å². The third kappa shape index (κ3) is 8.84. The molecule has 0 aromatic rings. The first-order valence-electron chi connectivity index (χ1n) is 5.59. The third-order valence-electron chi connectivity index (χ3n) is 3.04. The van der Waals surface area contributed by atoms with E-state index in [1.54, 1.807) is 0 Å². The maximum atomic E-state index is 9.44. The van der Waals surface area contributed by atoms with E-state index >= 15 is 0 Å². The molecule has 0 aromatic carbocycles. The standard InChI is InChI=1S/C8H20N.C2H6O3S/c1-5-9(6-2,7-3)8-4;1-2-6(3,4)5/h5-8H2,1-4H3;2H2,1H3,(H,3,4,5)/q+1;/p-1. The van der Waals surface area contributed by atoms with Crippen molar-refractivity contribution in [3.05, 3.63) is 0 Å². The highest BCUT2D eigenvalue weighted by Gasteiger charge is 2.16. The predicted octanol–water partition coefficient (Wildman–Crippen LogP) is 1.43. The predicted molar refractivity (Wildman–Crippen MR) is 62.7 cm³/mol. The summed E-state index contributed by atoms with van der Waals surface area (Å²) in [7, 11) is -3.91. The van der Waals surface area contributed by atoms with Crippen LogP contribution in [0.15, 0.2) is 0 Å². The molecule has 15 heavy (non-hydrogen) atoms. The van der Waals surface area contributed by atoms with Crippen LogP contribution in [0.3, 0.4) is 0 Å². The van der Waals surface area contributed by atoms with Gasteiger partial charge in [-0.15, -0.1) is 0 Å². The van der Waals surface area contributed by atoms with E-state index in [-0.39, 0.29) is 5.75 Å². The van der Waals surface area contributed by atoms with Crippen LogP contribution < -0.4 is 0 Å². The van der Waals surface area contributed by atoms with Crippen molar-refractivity contribution in [1.29, 1.82) is 0 Å². The number of quaternary nitrogens is 1. The monoisotopic (exact) mass is 239 g/mol. The van der Waals surface area contributed by atoms with Gasteiger partial charge in [0.05, 0.1) is 36.3 Å². The van der Waals surface area contributed by atoms with E-state index in [0.717, 1.165) is 0 Å². The van der Waals surface area contributed by atoms with Crippen molar-refractivity contribution in [3.8, 4) is 0 Å². The van der Waals surface area contributed by atoms with E-state index in [4.69, 9.17) is 0 Å². The molecule has 4 nitrogen and oxygen atoms in total. The minimum atomic E-state index is -3.91. The molecule has 94 valence electrons. The van der Waals surface area contributed by atoms with Gasteiger partial charge >= 0.3 is 0 Å². The molecule has 0 fully saturated rings. The molecule has 0 bridgehead atoms. The topological polar surface area (TPSA) is 57.2 Å². The molecule has 0 aromatic heterocycles. The Bertz CT molecular complexity index is 216. The highest BCUT2D eigenvalue weighted by molar-refractivity contribution is 7.85. The van der Waals surface area contributed by atoms with Crippen LogP contribution >= 0.6 is 0 Å². The summed E-state index contributed by atoms with van der Waals surface area (Å²) in [5.41, 5.74) is 0. The zero-order valence-corrected chi connectivity index (χ0v) is 11.4. The van der Waals surface area contributed by atoms with Gasteiger partial charge in [0.25, 0.3) is 0 Å². The smallest absolute Gasteiger partial charge is 0.0943 e. The first-order chi connectivity index (χ1) is 6.80. The van der Waals surface area contributed by atoms with Crippen molar-refractivity contribution in [2.75, 3.05) is 31.9 Å². The van der Waals surface area contributed by atoms with Crippen LogP contribution in [-0.4, -0.2) is 49.4 Å². The molecular formula is C10H25NO3S. The van der Waals surface area contributed by atoms with Crippen LogP contribution in [0.5, 0.6) is 0 Å². The summed E-state index contributed by atoms with van der Waals surface area (Å²) < 4.78 is 29.6. The van der Waals surface area contributed by atoms with E-state index in [2.05, 4.69) is 27.7 Å². The van der Waals surface area contributed by atoms with Gasteiger partial charge in [-0.25, -0.2) is 8.42 Å². The highest BCUT2D eigenvalue weighted by Crippen LogP contribution is 2.03. The molecular weight excluding hydrogens is 214 g/mol. The number of hydrogen-bond donors (Lipinski definition) is 0. The van der Waals surface area contributed by atoms with Crippen LogP contribution in [-0.2, 0) is 10.1 Å². The van der Waals surface area contributed by atoms with Crippen molar-refractivity contribution in [2.24, 2.45) is 0 Å². The minimum Gasteiger partial charge on any atom is -0.748 e. The Labute approximate surface area is 94.6 Å². The molecule has 0 aliphatic heterocycles. The summed E-state index contributed by atoms with van der Waals surface area (Å²) >= 11 is 0. The summed E-state index contributed by atoms with van der Waals surface area (Å²) in [5, 5.41) is 0. The van der Waals surface area contributed by atoms with Gasteiger partial charge in [0.1, 0.15) is 0 Å². The summed E-state index contributed by atoms with van der Waals surface area (Å²) in [4.78, 5) is 0. The van der Waals surface area contributed by atoms with Crippen LogP contribution in [0, 0.1) is 0 Å². The lowest BCUT2D eigenvalue weighted by Crippen LogP contribution is -2.47. The van der Waals surface area contributed by atoms with Gasteiger partial charge in [-0.3, -0.25) is 0 Å². The third-order valence-corrected chi connectivity index (χ3v) is 3.74. The number of hydrogen-bond acceptors (Lipinski definition) is 3. The van der Waals surface area contributed by atoms with Crippen molar-refractivity contribution in [1.82, 2.24) is 0 Å². The maximum absolute atomic E-state index is 9.44. The fourth-order valence-corrected chi connectivity index (χ4v) is 1.34. The van der Waals surface area contributed by atoms with Gasteiger partial charge in [0, 0.05) is 5.75 Å². The number of nitrogens with zero attached hydrogens (tertiary/aromatic N) is 1. The Hall–Kier alpha value is -0.130. The lowest BCUT2D eigenvalue weighted by Gasteiger charge is -2.34. The minimum absolute atomic E-state index is 0.312. The second kappa shape index (κ2) is 8.07.